The molecule has 0 aromatic carbocycles. The smallest absolute Gasteiger partial charge is 0.328 e. The number of carbonyl (C=O) groups excluding carboxylic acids is 4. The number of nitrogens with zero attached hydrogens (tertiary/aromatic N) is 3. The van der Waals surface area contributed by atoms with Crippen LogP contribution in [0.15, 0.2) is 11.6 Å². The van der Waals surface area contributed by atoms with Gasteiger partial charge in [0, 0.05) is 25.6 Å². The zero-order valence-electron chi connectivity index (χ0n) is 24.6. The Bertz CT molecular complexity index is 912. The second-order valence-corrected chi connectivity index (χ2v) is 12.2. The molecule has 0 aromatic heterocycles. The molecule has 2 aliphatic heterocycles. The molecule has 0 bridgehead atoms. The van der Waals surface area contributed by atoms with Gasteiger partial charge in [0.2, 0.25) is 17.7 Å². The van der Waals surface area contributed by atoms with E-state index in [1.807, 2.05) is 46.6 Å². The molecule has 0 aromatic rings. The summed E-state index contributed by atoms with van der Waals surface area (Å²) in [5.74, 6) is -1.36. The highest BCUT2D eigenvalue weighted by molar-refractivity contribution is 5.96. The van der Waals surface area contributed by atoms with Gasteiger partial charge in [-0.25, -0.2) is 4.79 Å². The predicted octanol–water partition coefficient (Wildman–Crippen LogP) is 1.57. The zero-order valence-corrected chi connectivity index (χ0v) is 24.6. The van der Waals surface area contributed by atoms with E-state index in [2.05, 4.69) is 5.32 Å². The van der Waals surface area contributed by atoms with E-state index in [1.165, 1.54) is 12.0 Å². The van der Waals surface area contributed by atoms with Crippen molar-refractivity contribution in [1.82, 2.24) is 20.0 Å². The van der Waals surface area contributed by atoms with Gasteiger partial charge in [0.25, 0.3) is 0 Å². The second kappa shape index (κ2) is 13.1. The number of likely N-dealkylation sites (tertiary alicyclic amines) is 2. The van der Waals surface area contributed by atoms with Crippen molar-refractivity contribution in [3.05, 3.63) is 11.6 Å². The summed E-state index contributed by atoms with van der Waals surface area (Å²) >= 11 is 0. The van der Waals surface area contributed by atoms with Crippen LogP contribution in [0.25, 0.3) is 0 Å². The molecule has 3 amide bonds. The third-order valence-electron chi connectivity index (χ3n) is 7.72. The number of carbonyl (C=O) groups is 4. The minimum absolute atomic E-state index is 0.0342. The molecule has 216 valence electrons. The van der Waals surface area contributed by atoms with E-state index in [4.69, 9.17) is 4.74 Å². The molecule has 0 saturated carbocycles. The van der Waals surface area contributed by atoms with Crippen LogP contribution in [-0.4, -0.2) is 108 Å². The summed E-state index contributed by atoms with van der Waals surface area (Å²) in [7, 11) is 4.88. The van der Waals surface area contributed by atoms with Gasteiger partial charge in [0.15, 0.2) is 0 Å². The number of hydrogen-bond donors (Lipinski definition) is 2. The summed E-state index contributed by atoms with van der Waals surface area (Å²) in [5, 5.41) is 13.1. The first-order chi connectivity index (χ1) is 17.6. The molecule has 2 saturated heterocycles. The maximum Gasteiger partial charge on any atom is 0.328 e. The number of ether oxygens (including phenoxy) is 1. The molecule has 2 fully saturated rings. The highest BCUT2D eigenvalue weighted by Gasteiger charge is 2.41. The summed E-state index contributed by atoms with van der Waals surface area (Å²) in [6.07, 6.45) is 3.86. The second-order valence-electron chi connectivity index (χ2n) is 12.2. The van der Waals surface area contributed by atoms with E-state index in [1.54, 1.807) is 24.9 Å². The fraction of sp³-hybridized carbons (Fsp3) is 0.786. The quantitative estimate of drug-likeness (QED) is 0.357. The van der Waals surface area contributed by atoms with Crippen LogP contribution < -0.4 is 5.32 Å². The maximum absolute atomic E-state index is 13.8. The molecular weight excluding hydrogens is 488 g/mol. The average Bonchev–Trinajstić information content (AvgIpc) is 3.24. The van der Waals surface area contributed by atoms with Crippen LogP contribution in [0, 0.1) is 11.3 Å². The SMILES string of the molecule is COC(=O)[C@@H]1C[C@@H](O)CN1C(=O)/C(C)=C/[C@H](C(C)C)N(C)C(=O)[C@@H](NC(=O)C1CCCCN1C)C(C)(C)C. The largest absolute Gasteiger partial charge is 0.467 e. The first kappa shape index (κ1) is 31.8. The molecule has 2 rings (SSSR count). The highest BCUT2D eigenvalue weighted by atomic mass is 16.5. The normalized spacial score (nSPS) is 24.7. The number of piperidine rings is 1. The lowest BCUT2D eigenvalue weighted by atomic mass is 9.84. The summed E-state index contributed by atoms with van der Waals surface area (Å²) in [6.45, 7) is 12.2. The van der Waals surface area contributed by atoms with Crippen molar-refractivity contribution in [1.29, 1.82) is 0 Å². The highest BCUT2D eigenvalue weighted by Crippen LogP contribution is 2.26. The van der Waals surface area contributed by atoms with Crippen LogP contribution in [0.5, 0.6) is 0 Å². The number of β-amino-alcohol motifs (C(OH)–C–C–N with tert-alkyl or cyclic N) is 1. The monoisotopic (exact) mass is 536 g/mol. The predicted molar refractivity (Wildman–Crippen MR) is 145 cm³/mol. The molecular formula is C28H48N4O6. The first-order valence-electron chi connectivity index (χ1n) is 13.6. The lowest BCUT2D eigenvalue weighted by Crippen LogP contribution is -2.59. The summed E-state index contributed by atoms with van der Waals surface area (Å²) in [4.78, 5) is 57.5. The van der Waals surface area contributed by atoms with Crippen LogP contribution in [-0.2, 0) is 23.9 Å². The van der Waals surface area contributed by atoms with E-state index in [-0.39, 0.29) is 42.6 Å². The van der Waals surface area contributed by atoms with Crippen molar-refractivity contribution in [3.63, 3.8) is 0 Å². The van der Waals surface area contributed by atoms with E-state index < -0.39 is 35.6 Å². The van der Waals surface area contributed by atoms with Crippen LogP contribution in [0.1, 0.15) is 67.2 Å². The van der Waals surface area contributed by atoms with Gasteiger partial charge < -0.3 is 25.0 Å². The van der Waals surface area contributed by atoms with Crippen LogP contribution >= 0.6 is 0 Å². The van der Waals surface area contributed by atoms with E-state index in [0.29, 0.717) is 5.57 Å². The van der Waals surface area contributed by atoms with Gasteiger partial charge in [0.1, 0.15) is 12.1 Å². The number of nitrogens with one attached hydrogen (secondary N) is 1. The van der Waals surface area contributed by atoms with Gasteiger partial charge in [-0.1, -0.05) is 47.1 Å². The minimum atomic E-state index is -0.846. The van der Waals surface area contributed by atoms with Gasteiger partial charge in [-0.3, -0.25) is 19.3 Å². The van der Waals surface area contributed by atoms with E-state index in [0.717, 1.165) is 25.8 Å². The molecule has 38 heavy (non-hydrogen) atoms. The third kappa shape index (κ3) is 7.56. The number of rotatable bonds is 8. The van der Waals surface area contributed by atoms with Crippen molar-refractivity contribution >= 4 is 23.7 Å². The Morgan fingerprint density at radius 3 is 2.29 bits per heavy atom. The lowest BCUT2D eigenvalue weighted by Gasteiger charge is -2.39. The number of esters is 1. The molecule has 0 aliphatic carbocycles. The molecule has 10 nitrogen and oxygen atoms in total. The number of amides is 3. The Balaban J connectivity index is 2.27. The van der Waals surface area contributed by atoms with Crippen molar-refractivity contribution in [2.75, 3.05) is 34.3 Å². The standard InChI is InChI=1S/C28H48N4O6/c1-17(2)21(14-18(3)25(35)32-16-19(33)15-22(32)27(37)38-9)31(8)26(36)23(28(4,5)6)29-24(34)20-12-10-11-13-30(20)7/h14,17,19-23,33H,10-13,15-16H2,1-9H3,(H,29,34)/b18-14+/t19-,20?,21-,22+,23-/m1/s1. The number of likely N-dealkylation sites (N-methyl/N-ethyl adjacent to an activating group) is 2. The van der Waals surface area contributed by atoms with Gasteiger partial charge in [-0.2, -0.15) is 0 Å². The Kier molecular flexibility index (Phi) is 10.9. The van der Waals surface area contributed by atoms with Gasteiger partial charge in [-0.05, 0) is 44.7 Å². The molecule has 1 unspecified atom stereocenters. The Labute approximate surface area is 227 Å². The average molecular weight is 537 g/mol. The van der Waals surface area contributed by atoms with E-state index in [9.17, 15) is 24.3 Å². The van der Waals surface area contributed by atoms with Crippen LogP contribution in [0.2, 0.25) is 0 Å². The summed E-state index contributed by atoms with van der Waals surface area (Å²) in [5.41, 5.74) is -0.171. The number of hydrogen-bond acceptors (Lipinski definition) is 7. The fourth-order valence-electron chi connectivity index (χ4n) is 5.35. The molecule has 5 atom stereocenters. The molecule has 2 heterocycles. The summed E-state index contributed by atoms with van der Waals surface area (Å²) in [6, 6.07) is -2.29. The topological polar surface area (TPSA) is 119 Å². The molecule has 10 heteroatoms. The first-order valence-corrected chi connectivity index (χ1v) is 13.6. The number of aliphatic hydroxyl groups is 1. The fourth-order valence-corrected chi connectivity index (χ4v) is 5.35. The van der Waals surface area contributed by atoms with Crippen LogP contribution in [0.3, 0.4) is 0 Å². The van der Waals surface area contributed by atoms with Crippen molar-refractivity contribution < 1.29 is 29.0 Å². The molecule has 2 N–H and O–H groups in total. The van der Waals surface area contributed by atoms with E-state index >= 15 is 0 Å². The third-order valence-corrected chi connectivity index (χ3v) is 7.72. The number of methoxy groups -OCH3 is 1. The van der Waals surface area contributed by atoms with Crippen molar-refractivity contribution in [3.8, 4) is 0 Å². The van der Waals surface area contributed by atoms with Gasteiger partial charge in [-0.15, -0.1) is 0 Å². The maximum atomic E-state index is 13.8. The number of aliphatic hydroxyl groups excluding tert-OH is 1. The van der Waals surface area contributed by atoms with Crippen molar-refractivity contribution in [2.24, 2.45) is 11.3 Å². The lowest BCUT2D eigenvalue weighted by molar-refractivity contribution is -0.149. The molecule has 0 spiro atoms. The van der Waals surface area contributed by atoms with Crippen molar-refractivity contribution in [2.45, 2.75) is 97.5 Å². The molecule has 2 aliphatic rings. The van der Waals surface area contributed by atoms with Gasteiger partial charge >= 0.3 is 5.97 Å². The van der Waals surface area contributed by atoms with Gasteiger partial charge in [0.05, 0.1) is 25.3 Å². The Morgan fingerprint density at radius 1 is 1.13 bits per heavy atom. The minimum Gasteiger partial charge on any atom is -0.467 e. The zero-order chi connectivity index (χ0) is 28.9. The van der Waals surface area contributed by atoms with Crippen LogP contribution in [0.4, 0.5) is 0 Å². The molecule has 0 radical (unpaired) electrons. The summed E-state index contributed by atoms with van der Waals surface area (Å²) < 4.78 is 4.82. The Hall–Kier alpha value is -2.46. The Morgan fingerprint density at radius 2 is 1.76 bits per heavy atom.